The molecule has 2 rings (SSSR count). The molecule has 1 aromatic heterocycles. The van der Waals surface area contributed by atoms with Crippen molar-refractivity contribution in [3.8, 4) is 0 Å². The van der Waals surface area contributed by atoms with E-state index < -0.39 is 5.91 Å². The molecule has 0 aliphatic heterocycles. The van der Waals surface area contributed by atoms with Gasteiger partial charge in [0.15, 0.2) is 0 Å². The van der Waals surface area contributed by atoms with Gasteiger partial charge in [-0.2, -0.15) is 0 Å². The first-order chi connectivity index (χ1) is 11.0. The average Bonchev–Trinajstić information content (AvgIpc) is 2.96. The van der Waals surface area contributed by atoms with E-state index in [0.717, 1.165) is 16.3 Å². The summed E-state index contributed by atoms with van der Waals surface area (Å²) in [5.74, 6) is -0.686. The number of hydrogen-bond acceptors (Lipinski definition) is 5. The number of aromatic nitrogens is 1. The maximum absolute atomic E-state index is 12.8. The smallest absolute Gasteiger partial charge is 0.277 e. The Hall–Kier alpha value is -2.25. The molecule has 0 aliphatic carbocycles. The molecule has 0 radical (unpaired) electrons. The van der Waals surface area contributed by atoms with Crippen LogP contribution in [0.1, 0.15) is 27.5 Å². The van der Waals surface area contributed by atoms with Gasteiger partial charge in [-0.3, -0.25) is 9.59 Å². The zero-order valence-electron chi connectivity index (χ0n) is 13.0. The van der Waals surface area contributed by atoms with E-state index in [4.69, 9.17) is 11.5 Å². The van der Waals surface area contributed by atoms with E-state index >= 15 is 0 Å². The Bertz CT molecular complexity index is 699. The molecule has 0 bridgehead atoms. The van der Waals surface area contributed by atoms with Crippen LogP contribution in [0.4, 0.5) is 5.69 Å². The quantitative estimate of drug-likeness (QED) is 0.801. The molecule has 6 nitrogen and oxygen atoms in total. The molecule has 4 N–H and O–H groups in total. The predicted molar refractivity (Wildman–Crippen MR) is 91.5 cm³/mol. The van der Waals surface area contributed by atoms with Gasteiger partial charge in [0, 0.05) is 30.5 Å². The molecule has 0 saturated carbocycles. The fourth-order valence-electron chi connectivity index (χ4n) is 2.15. The van der Waals surface area contributed by atoms with Gasteiger partial charge in [0.1, 0.15) is 5.69 Å². The lowest BCUT2D eigenvalue weighted by Gasteiger charge is -2.21. The van der Waals surface area contributed by atoms with Crippen molar-refractivity contribution in [2.45, 2.75) is 19.8 Å². The third-order valence-electron chi connectivity index (χ3n) is 3.27. The van der Waals surface area contributed by atoms with Gasteiger partial charge in [0.2, 0.25) is 5.91 Å². The van der Waals surface area contributed by atoms with Gasteiger partial charge < -0.3 is 16.4 Å². The topological polar surface area (TPSA) is 102 Å². The minimum Gasteiger partial charge on any atom is -0.370 e. The number of anilines is 1. The monoisotopic (exact) mass is 332 g/mol. The number of hydrogen-bond donors (Lipinski definition) is 2. The number of carbonyl (C=O) groups is 2. The van der Waals surface area contributed by atoms with Gasteiger partial charge in [-0.1, -0.05) is 12.1 Å². The van der Waals surface area contributed by atoms with Gasteiger partial charge in [0.25, 0.3) is 5.91 Å². The lowest BCUT2D eigenvalue weighted by Crippen LogP contribution is -2.34. The van der Waals surface area contributed by atoms with Crippen LogP contribution >= 0.6 is 11.3 Å². The minimum atomic E-state index is -0.447. The molecule has 0 unspecified atom stereocenters. The summed E-state index contributed by atoms with van der Waals surface area (Å²) in [6.45, 7) is 2.66. The van der Waals surface area contributed by atoms with Crippen LogP contribution in [-0.4, -0.2) is 29.9 Å². The Morgan fingerprint density at radius 3 is 2.78 bits per heavy atom. The summed E-state index contributed by atoms with van der Waals surface area (Å²) in [6.07, 6.45) is 0.739. The lowest BCUT2D eigenvalue weighted by atomic mass is 10.2. The van der Waals surface area contributed by atoms with Crippen molar-refractivity contribution in [2.24, 2.45) is 11.5 Å². The van der Waals surface area contributed by atoms with Crippen LogP contribution in [0.25, 0.3) is 0 Å². The van der Waals surface area contributed by atoms with Crippen molar-refractivity contribution in [1.29, 1.82) is 0 Å². The molecule has 2 amide bonds. The number of rotatable bonds is 7. The summed E-state index contributed by atoms with van der Waals surface area (Å²) in [6, 6.07) is 7.55. The fourth-order valence-corrected chi connectivity index (χ4v) is 2.94. The minimum absolute atomic E-state index is 0.0967. The zero-order chi connectivity index (χ0) is 16.8. The molecular weight excluding hydrogens is 312 g/mol. The highest BCUT2D eigenvalue weighted by atomic mass is 32.1. The summed E-state index contributed by atoms with van der Waals surface area (Å²) in [5.41, 5.74) is 12.9. The van der Waals surface area contributed by atoms with Gasteiger partial charge in [-0.15, -0.1) is 11.3 Å². The van der Waals surface area contributed by atoms with Crippen molar-refractivity contribution in [3.05, 3.63) is 45.9 Å². The van der Waals surface area contributed by atoms with Crippen molar-refractivity contribution >= 4 is 28.8 Å². The van der Waals surface area contributed by atoms with E-state index in [9.17, 15) is 9.59 Å². The molecule has 1 heterocycles. The van der Waals surface area contributed by atoms with Gasteiger partial charge in [0.05, 0.1) is 5.01 Å². The molecule has 0 atom stereocenters. The van der Waals surface area contributed by atoms with E-state index in [1.807, 2.05) is 31.2 Å². The first-order valence-electron chi connectivity index (χ1n) is 7.32. The Labute approximate surface area is 139 Å². The number of thiazole rings is 1. The molecule has 0 aliphatic rings. The average molecular weight is 332 g/mol. The Morgan fingerprint density at radius 2 is 2.13 bits per heavy atom. The molecule has 7 heteroatoms. The molecule has 2 aromatic rings. The van der Waals surface area contributed by atoms with E-state index in [-0.39, 0.29) is 18.9 Å². The highest BCUT2D eigenvalue weighted by Gasteiger charge is 2.21. The van der Waals surface area contributed by atoms with Crippen LogP contribution in [0.2, 0.25) is 0 Å². The maximum Gasteiger partial charge on any atom is 0.277 e. The maximum atomic E-state index is 12.8. The van der Waals surface area contributed by atoms with Crippen LogP contribution in [0.5, 0.6) is 0 Å². The van der Waals surface area contributed by atoms with E-state index in [0.29, 0.717) is 18.7 Å². The largest absolute Gasteiger partial charge is 0.370 e. The second-order valence-corrected chi connectivity index (χ2v) is 6.12. The standard InChI is InChI=1S/C16H20N4O2S/c1-11-3-2-4-12(9-11)20(8-6-14(18)21)16(22)13-10-23-15(19-13)5-7-17/h2-4,9-10H,5-8,17H2,1H3,(H2,18,21). The zero-order valence-corrected chi connectivity index (χ0v) is 13.8. The molecule has 0 spiro atoms. The number of primary amides is 1. The summed E-state index contributed by atoms with van der Waals surface area (Å²) < 4.78 is 0. The predicted octanol–water partition coefficient (Wildman–Crippen LogP) is 1.47. The molecule has 0 saturated heterocycles. The van der Waals surface area contributed by atoms with Crippen LogP contribution in [0.15, 0.2) is 29.6 Å². The summed E-state index contributed by atoms with van der Waals surface area (Å²) in [4.78, 5) is 29.7. The normalized spacial score (nSPS) is 10.5. The fraction of sp³-hybridized carbons (Fsp3) is 0.312. The molecule has 23 heavy (non-hydrogen) atoms. The van der Waals surface area contributed by atoms with Crippen molar-refractivity contribution in [1.82, 2.24) is 4.98 Å². The van der Waals surface area contributed by atoms with Gasteiger partial charge >= 0.3 is 0 Å². The SMILES string of the molecule is Cc1cccc(N(CCC(N)=O)C(=O)c2csc(CCN)n2)c1. The Balaban J connectivity index is 2.27. The van der Waals surface area contributed by atoms with Crippen molar-refractivity contribution in [3.63, 3.8) is 0 Å². The Kier molecular flexibility index (Phi) is 5.84. The van der Waals surface area contributed by atoms with Crippen LogP contribution in [0.3, 0.4) is 0 Å². The number of carbonyl (C=O) groups excluding carboxylic acids is 2. The lowest BCUT2D eigenvalue weighted by molar-refractivity contribution is -0.117. The first-order valence-corrected chi connectivity index (χ1v) is 8.20. The summed E-state index contributed by atoms with van der Waals surface area (Å²) >= 11 is 1.41. The Morgan fingerprint density at radius 1 is 1.35 bits per heavy atom. The highest BCUT2D eigenvalue weighted by Crippen LogP contribution is 2.20. The number of nitrogens with zero attached hydrogens (tertiary/aromatic N) is 2. The number of nitrogens with two attached hydrogens (primary N) is 2. The molecule has 1 aromatic carbocycles. The van der Waals surface area contributed by atoms with Crippen LogP contribution in [-0.2, 0) is 11.2 Å². The molecule has 122 valence electrons. The van der Waals surface area contributed by atoms with Crippen molar-refractivity contribution < 1.29 is 9.59 Å². The molecule has 0 fully saturated rings. The number of amides is 2. The summed E-state index contributed by atoms with van der Waals surface area (Å²) in [7, 11) is 0. The second-order valence-electron chi connectivity index (χ2n) is 5.18. The van der Waals surface area contributed by atoms with E-state index in [1.54, 1.807) is 10.3 Å². The third-order valence-corrected chi connectivity index (χ3v) is 4.18. The van der Waals surface area contributed by atoms with Crippen LogP contribution < -0.4 is 16.4 Å². The molecular formula is C16H20N4O2S. The van der Waals surface area contributed by atoms with Gasteiger partial charge in [-0.05, 0) is 31.2 Å². The van der Waals surface area contributed by atoms with E-state index in [2.05, 4.69) is 4.98 Å². The summed E-state index contributed by atoms with van der Waals surface area (Å²) in [5, 5.41) is 2.55. The highest BCUT2D eigenvalue weighted by molar-refractivity contribution is 7.09. The van der Waals surface area contributed by atoms with Crippen molar-refractivity contribution in [2.75, 3.05) is 18.0 Å². The third kappa shape index (κ3) is 4.61. The first kappa shape index (κ1) is 17.1. The second kappa shape index (κ2) is 7.85. The van der Waals surface area contributed by atoms with Crippen LogP contribution in [0, 0.1) is 6.92 Å². The number of aryl methyl sites for hydroxylation is 1. The van der Waals surface area contributed by atoms with E-state index in [1.165, 1.54) is 11.3 Å². The van der Waals surface area contributed by atoms with Gasteiger partial charge in [-0.25, -0.2) is 4.98 Å². The number of benzene rings is 1.